The summed E-state index contributed by atoms with van der Waals surface area (Å²) in [6.45, 7) is 17.3. The third-order valence-corrected chi connectivity index (χ3v) is 9.08. The number of hydrogen-bond acceptors (Lipinski definition) is 7. The number of nitrogens with zero attached hydrogens (tertiary/aromatic N) is 3. The first-order valence-electron chi connectivity index (χ1n) is 12.6. The van der Waals surface area contributed by atoms with Gasteiger partial charge in [0, 0.05) is 69.9 Å². The lowest BCUT2D eigenvalue weighted by Gasteiger charge is -2.47. The molecule has 0 aromatic carbocycles. The fraction of sp³-hybridized carbons (Fsp3) is 1.00. The molecule has 1 N–H and O–H groups in total. The van der Waals surface area contributed by atoms with Gasteiger partial charge in [-0.25, -0.2) is 9.34 Å². The van der Waals surface area contributed by atoms with Crippen LogP contribution >= 0.6 is 7.67 Å². The van der Waals surface area contributed by atoms with E-state index in [1.165, 1.54) is 0 Å². The van der Waals surface area contributed by atoms with Gasteiger partial charge in [0.25, 0.3) is 0 Å². The van der Waals surface area contributed by atoms with Crippen molar-refractivity contribution in [2.75, 3.05) is 65.6 Å². The third kappa shape index (κ3) is 7.76. The van der Waals surface area contributed by atoms with Gasteiger partial charge in [-0.3, -0.25) is 9.46 Å². The Morgan fingerprint density at radius 1 is 0.970 bits per heavy atom. The highest BCUT2D eigenvalue weighted by Gasteiger charge is 2.44. The standard InChI is InChI=1S/C21H45B2N4O5P/c1-16(2)29-14-18-11-27(13-20(23)32-18)33(28,26-8-6-24-7-9-26)30-15-17-10-25(21(3,4)5)12-19(22)31-17/h16-20,24H,6-15,22-23H2,1-5H3. The van der Waals surface area contributed by atoms with Crippen LogP contribution in [-0.4, -0.2) is 131 Å². The predicted octanol–water partition coefficient (Wildman–Crippen LogP) is -0.440. The van der Waals surface area contributed by atoms with Crippen molar-refractivity contribution in [3.05, 3.63) is 0 Å². The molecule has 3 saturated heterocycles. The van der Waals surface area contributed by atoms with Gasteiger partial charge in [-0.15, -0.1) is 0 Å². The fourth-order valence-electron chi connectivity index (χ4n) is 4.73. The molecule has 3 heterocycles. The molecule has 0 aliphatic carbocycles. The molecule has 5 unspecified atom stereocenters. The fourth-order valence-corrected chi connectivity index (χ4v) is 7.31. The van der Waals surface area contributed by atoms with Crippen molar-refractivity contribution in [2.24, 2.45) is 0 Å². The Bertz CT molecular complexity index is 665. The van der Waals surface area contributed by atoms with Crippen molar-refractivity contribution in [3.63, 3.8) is 0 Å². The third-order valence-electron chi connectivity index (χ3n) is 6.43. The van der Waals surface area contributed by atoms with Crippen LogP contribution in [0.15, 0.2) is 0 Å². The Labute approximate surface area is 202 Å². The Morgan fingerprint density at radius 3 is 2.18 bits per heavy atom. The quantitative estimate of drug-likeness (QED) is 0.363. The normalized spacial score (nSPS) is 33.3. The number of rotatable bonds is 8. The number of hydrogen-bond donors (Lipinski definition) is 1. The summed E-state index contributed by atoms with van der Waals surface area (Å²) in [5.74, 6) is 0. The largest absolute Gasteiger partial charge is 0.379 e. The molecule has 190 valence electrons. The van der Waals surface area contributed by atoms with E-state index in [0.29, 0.717) is 39.4 Å². The lowest BCUT2D eigenvalue weighted by Crippen LogP contribution is -2.56. The second kappa shape index (κ2) is 11.8. The highest BCUT2D eigenvalue weighted by atomic mass is 31.2. The van der Waals surface area contributed by atoms with Gasteiger partial charge in [0.2, 0.25) is 0 Å². The maximum absolute atomic E-state index is 14.6. The van der Waals surface area contributed by atoms with Gasteiger partial charge in [0.1, 0.15) is 15.7 Å². The molecular formula is C21H45B2N4O5P. The summed E-state index contributed by atoms with van der Waals surface area (Å²) in [6, 6.07) is 0.0767. The van der Waals surface area contributed by atoms with Crippen LogP contribution in [0.2, 0.25) is 0 Å². The highest BCUT2D eigenvalue weighted by molar-refractivity contribution is 7.54. The average Bonchev–Trinajstić information content (AvgIpc) is 2.75. The van der Waals surface area contributed by atoms with Gasteiger partial charge in [0.05, 0.1) is 31.5 Å². The highest BCUT2D eigenvalue weighted by Crippen LogP contribution is 2.55. The zero-order chi connectivity index (χ0) is 24.2. The van der Waals surface area contributed by atoms with E-state index < -0.39 is 7.67 Å². The van der Waals surface area contributed by atoms with Crippen LogP contribution in [0, 0.1) is 0 Å². The first-order valence-corrected chi connectivity index (χ1v) is 14.1. The smallest absolute Gasteiger partial charge is 0.346 e. The van der Waals surface area contributed by atoms with Gasteiger partial charge >= 0.3 is 7.67 Å². The summed E-state index contributed by atoms with van der Waals surface area (Å²) >= 11 is 0. The molecule has 0 amide bonds. The van der Waals surface area contributed by atoms with Crippen molar-refractivity contribution in [1.82, 2.24) is 19.6 Å². The van der Waals surface area contributed by atoms with Crippen LogP contribution in [0.1, 0.15) is 34.6 Å². The van der Waals surface area contributed by atoms with E-state index in [0.717, 1.165) is 26.2 Å². The van der Waals surface area contributed by atoms with E-state index in [1.54, 1.807) is 0 Å². The number of nitrogens with one attached hydrogen (secondary N) is 1. The molecule has 33 heavy (non-hydrogen) atoms. The van der Waals surface area contributed by atoms with Crippen molar-refractivity contribution in [2.45, 2.75) is 70.5 Å². The topological polar surface area (TPSA) is 75.7 Å². The van der Waals surface area contributed by atoms with E-state index in [1.807, 2.05) is 31.0 Å². The molecule has 3 fully saturated rings. The first kappa shape index (κ1) is 27.6. The molecule has 5 atom stereocenters. The van der Waals surface area contributed by atoms with Crippen LogP contribution in [0.25, 0.3) is 0 Å². The van der Waals surface area contributed by atoms with Gasteiger partial charge in [-0.2, -0.15) is 0 Å². The molecule has 12 heteroatoms. The monoisotopic (exact) mass is 486 g/mol. The van der Waals surface area contributed by atoms with Gasteiger partial charge in [-0.05, 0) is 34.6 Å². The molecule has 0 bridgehead atoms. The second-order valence-electron chi connectivity index (χ2n) is 11.0. The summed E-state index contributed by atoms with van der Waals surface area (Å²) in [5, 5.41) is 3.36. The SMILES string of the molecule is BC1CN(C(C)(C)C)CC(COP(=O)(N2CCNCC2)N2CC(B)OC(COC(C)C)C2)O1. The van der Waals surface area contributed by atoms with Crippen molar-refractivity contribution < 1.29 is 23.3 Å². The molecule has 0 saturated carbocycles. The Kier molecular flexibility index (Phi) is 9.92. The van der Waals surface area contributed by atoms with E-state index in [2.05, 4.69) is 38.8 Å². The van der Waals surface area contributed by atoms with Crippen LogP contribution in [-0.2, 0) is 23.3 Å². The molecule has 0 aromatic rings. The molecule has 0 spiro atoms. The molecule has 3 rings (SSSR count). The van der Waals surface area contributed by atoms with Crippen molar-refractivity contribution in [1.29, 1.82) is 0 Å². The summed E-state index contributed by atoms with van der Waals surface area (Å²) < 4.78 is 43.2. The average molecular weight is 486 g/mol. The molecule has 3 aliphatic rings. The van der Waals surface area contributed by atoms with Crippen molar-refractivity contribution in [3.8, 4) is 0 Å². The van der Waals surface area contributed by atoms with Crippen molar-refractivity contribution >= 4 is 23.4 Å². The summed E-state index contributed by atoms with van der Waals surface area (Å²) in [5.41, 5.74) is 0.0573. The maximum atomic E-state index is 14.6. The lowest BCUT2D eigenvalue weighted by atomic mass is 9.94. The van der Waals surface area contributed by atoms with Crippen LogP contribution in [0.4, 0.5) is 0 Å². The van der Waals surface area contributed by atoms with Crippen LogP contribution < -0.4 is 5.32 Å². The summed E-state index contributed by atoms with van der Waals surface area (Å²) in [7, 11) is 0.886. The molecule has 0 aromatic heterocycles. The number of morpholine rings is 2. The van der Waals surface area contributed by atoms with Gasteiger partial charge in [0.15, 0.2) is 0 Å². The molecule has 9 nitrogen and oxygen atoms in total. The minimum Gasteiger partial charge on any atom is -0.379 e. The summed E-state index contributed by atoms with van der Waals surface area (Å²) in [4.78, 5) is 2.43. The van der Waals surface area contributed by atoms with E-state index in [9.17, 15) is 4.57 Å². The van der Waals surface area contributed by atoms with Gasteiger partial charge in [-0.1, -0.05) is 0 Å². The zero-order valence-electron chi connectivity index (χ0n) is 21.8. The molecule has 3 aliphatic heterocycles. The Morgan fingerprint density at radius 2 is 1.58 bits per heavy atom. The zero-order valence-corrected chi connectivity index (χ0v) is 22.7. The Balaban J connectivity index is 1.73. The first-order chi connectivity index (χ1) is 15.5. The molecular weight excluding hydrogens is 441 g/mol. The number of piperazine rings is 1. The maximum Gasteiger partial charge on any atom is 0.346 e. The molecule has 0 radical (unpaired) electrons. The lowest BCUT2D eigenvalue weighted by molar-refractivity contribution is -0.0963. The summed E-state index contributed by atoms with van der Waals surface area (Å²) in [6.07, 6.45) is -0.104. The van der Waals surface area contributed by atoms with Gasteiger partial charge < -0.3 is 24.1 Å². The van der Waals surface area contributed by atoms with E-state index >= 15 is 0 Å². The van der Waals surface area contributed by atoms with Crippen LogP contribution in [0.3, 0.4) is 0 Å². The second-order valence-corrected chi connectivity index (χ2v) is 13.3. The predicted molar refractivity (Wildman–Crippen MR) is 136 cm³/mol. The number of ether oxygens (including phenoxy) is 3. The van der Waals surface area contributed by atoms with E-state index in [-0.39, 0.29) is 35.9 Å². The minimum atomic E-state index is -3.25. The Hall–Kier alpha value is 0.0399. The minimum absolute atomic E-state index is 0.0401. The van der Waals surface area contributed by atoms with E-state index in [4.69, 9.17) is 18.7 Å². The van der Waals surface area contributed by atoms with Crippen LogP contribution in [0.5, 0.6) is 0 Å².